The molecule has 0 fully saturated rings. The number of nitrogens with one attached hydrogen (secondary N) is 3. The Morgan fingerprint density at radius 1 is 0.921 bits per heavy atom. The molecule has 4 aromatic rings. The summed E-state index contributed by atoms with van der Waals surface area (Å²) in [7, 11) is 1.23. The lowest BCUT2D eigenvalue weighted by molar-refractivity contribution is -0.142. The number of amides is 3. The van der Waals surface area contributed by atoms with E-state index in [4.69, 9.17) is 9.26 Å². The summed E-state index contributed by atoms with van der Waals surface area (Å²) in [4.78, 5) is 37.2. The van der Waals surface area contributed by atoms with E-state index >= 15 is 0 Å². The van der Waals surface area contributed by atoms with Crippen molar-refractivity contribution in [2.45, 2.75) is 19.4 Å². The lowest BCUT2D eigenvalue weighted by atomic mass is 10.1. The van der Waals surface area contributed by atoms with E-state index in [1.54, 1.807) is 36.4 Å². The number of hydrogen-bond donors (Lipinski definition) is 4. The van der Waals surface area contributed by atoms with Crippen molar-refractivity contribution >= 4 is 29.3 Å². The number of carbonyl (C=O) groups is 3. The van der Waals surface area contributed by atoms with Crippen LogP contribution in [0.2, 0.25) is 0 Å². The van der Waals surface area contributed by atoms with Gasteiger partial charge in [0.25, 0.3) is 5.91 Å². The average molecular weight is 515 g/mol. The first kappa shape index (κ1) is 26.0. The molecular weight excluding hydrogens is 488 g/mol. The number of ether oxygens (including phenoxy) is 1. The second-order valence-corrected chi connectivity index (χ2v) is 8.52. The summed E-state index contributed by atoms with van der Waals surface area (Å²) < 4.78 is 10.0. The zero-order chi connectivity index (χ0) is 27.1. The van der Waals surface area contributed by atoms with Crippen molar-refractivity contribution in [3.05, 3.63) is 95.7 Å². The number of phenolic OH excluding ortho intramolecular Hbond substituents is 1. The molecule has 3 amide bonds. The SMILES string of the molecule is COC(=O)C(Cc1ccc(O)cc1)NC(=O)c1cc(-c2ccc(NC(=O)Nc3ccc(C)cc3)cc2)no1. The van der Waals surface area contributed by atoms with Crippen molar-refractivity contribution < 1.29 is 28.8 Å². The highest BCUT2D eigenvalue weighted by atomic mass is 16.5. The van der Waals surface area contributed by atoms with Crippen LogP contribution in [0.4, 0.5) is 16.2 Å². The fourth-order valence-corrected chi connectivity index (χ4v) is 3.61. The van der Waals surface area contributed by atoms with E-state index < -0.39 is 17.9 Å². The van der Waals surface area contributed by atoms with Crippen molar-refractivity contribution in [2.24, 2.45) is 0 Å². The van der Waals surface area contributed by atoms with E-state index in [0.29, 0.717) is 22.6 Å². The highest BCUT2D eigenvalue weighted by Gasteiger charge is 2.25. The van der Waals surface area contributed by atoms with E-state index in [2.05, 4.69) is 21.1 Å². The molecular formula is C28H26N4O6. The Morgan fingerprint density at radius 2 is 1.53 bits per heavy atom. The molecule has 0 spiro atoms. The molecule has 0 aliphatic rings. The number of urea groups is 1. The smallest absolute Gasteiger partial charge is 0.328 e. The Kier molecular flexibility index (Phi) is 8.02. The van der Waals surface area contributed by atoms with Gasteiger partial charge in [-0.2, -0.15) is 0 Å². The van der Waals surface area contributed by atoms with Crippen LogP contribution in [-0.4, -0.2) is 41.3 Å². The monoisotopic (exact) mass is 514 g/mol. The van der Waals surface area contributed by atoms with Gasteiger partial charge in [-0.05, 0) is 48.9 Å². The molecule has 0 aliphatic carbocycles. The molecule has 1 unspecified atom stereocenters. The molecule has 4 N–H and O–H groups in total. The molecule has 0 saturated heterocycles. The van der Waals surface area contributed by atoms with Gasteiger partial charge in [0.05, 0.1) is 7.11 Å². The zero-order valence-corrected chi connectivity index (χ0v) is 20.7. The first-order valence-electron chi connectivity index (χ1n) is 11.7. The predicted octanol–water partition coefficient (Wildman–Crippen LogP) is 4.51. The molecule has 1 atom stereocenters. The molecule has 4 rings (SSSR count). The third kappa shape index (κ3) is 6.76. The summed E-state index contributed by atoms with van der Waals surface area (Å²) in [5.74, 6) is -1.25. The number of aryl methyl sites for hydroxylation is 1. The Morgan fingerprint density at radius 3 is 2.13 bits per heavy atom. The van der Waals surface area contributed by atoms with Gasteiger partial charge in [0.2, 0.25) is 5.76 Å². The van der Waals surface area contributed by atoms with Gasteiger partial charge in [-0.25, -0.2) is 9.59 Å². The molecule has 1 heterocycles. The van der Waals surface area contributed by atoms with Gasteiger partial charge in [-0.15, -0.1) is 0 Å². The van der Waals surface area contributed by atoms with Crippen molar-refractivity contribution in [3.63, 3.8) is 0 Å². The highest BCUT2D eigenvalue weighted by Crippen LogP contribution is 2.22. The largest absolute Gasteiger partial charge is 0.508 e. The Balaban J connectivity index is 1.37. The number of rotatable bonds is 8. The fraction of sp³-hybridized carbons (Fsp3) is 0.143. The maximum absolute atomic E-state index is 12.8. The number of phenols is 1. The van der Waals surface area contributed by atoms with Gasteiger partial charge in [-0.1, -0.05) is 47.1 Å². The fourth-order valence-electron chi connectivity index (χ4n) is 3.61. The summed E-state index contributed by atoms with van der Waals surface area (Å²) >= 11 is 0. The molecule has 0 radical (unpaired) electrons. The van der Waals surface area contributed by atoms with Gasteiger partial charge in [0.15, 0.2) is 0 Å². The number of aromatic hydroxyl groups is 1. The van der Waals surface area contributed by atoms with Crippen LogP contribution < -0.4 is 16.0 Å². The molecule has 1 aromatic heterocycles. The van der Waals surface area contributed by atoms with Gasteiger partial charge in [-0.3, -0.25) is 4.79 Å². The minimum atomic E-state index is -0.970. The van der Waals surface area contributed by atoms with Crippen LogP contribution in [0.5, 0.6) is 5.75 Å². The van der Waals surface area contributed by atoms with E-state index in [0.717, 1.165) is 11.1 Å². The molecule has 0 saturated carbocycles. The van der Waals surface area contributed by atoms with E-state index in [1.165, 1.54) is 25.3 Å². The maximum atomic E-state index is 12.8. The van der Waals surface area contributed by atoms with Crippen molar-refractivity contribution in [1.29, 1.82) is 0 Å². The van der Waals surface area contributed by atoms with Crippen molar-refractivity contribution in [2.75, 3.05) is 17.7 Å². The number of carbonyl (C=O) groups excluding carboxylic acids is 3. The Hall–Kier alpha value is -5.12. The number of benzene rings is 3. The molecule has 38 heavy (non-hydrogen) atoms. The molecule has 194 valence electrons. The van der Waals surface area contributed by atoms with Crippen molar-refractivity contribution in [1.82, 2.24) is 10.5 Å². The molecule has 0 aliphatic heterocycles. The standard InChI is InChI=1S/C28H26N4O6/c1-17-3-9-20(10-4-17)29-28(36)30-21-11-7-19(8-12-21)23-16-25(38-32-23)26(34)31-24(27(35)37-2)15-18-5-13-22(33)14-6-18/h3-14,16,24,33H,15H2,1-2H3,(H,31,34)(H2,29,30,36). The number of hydrogen-bond acceptors (Lipinski definition) is 7. The van der Waals surface area contributed by atoms with Crippen LogP contribution in [-0.2, 0) is 16.0 Å². The van der Waals surface area contributed by atoms with E-state index in [-0.39, 0.29) is 24.0 Å². The first-order chi connectivity index (χ1) is 18.3. The summed E-state index contributed by atoms with van der Waals surface area (Å²) in [5, 5.41) is 21.5. The van der Waals surface area contributed by atoms with Crippen LogP contribution in [0.1, 0.15) is 21.7 Å². The minimum absolute atomic E-state index is 0.0840. The van der Waals surface area contributed by atoms with Gasteiger partial charge < -0.3 is 30.3 Å². The van der Waals surface area contributed by atoms with Gasteiger partial charge in [0, 0.05) is 29.4 Å². The number of anilines is 2. The maximum Gasteiger partial charge on any atom is 0.328 e. The van der Waals surface area contributed by atoms with Crippen LogP contribution in [0.3, 0.4) is 0 Å². The van der Waals surface area contributed by atoms with Crippen LogP contribution in [0.15, 0.2) is 83.4 Å². The molecule has 3 aromatic carbocycles. The van der Waals surface area contributed by atoms with E-state index in [9.17, 15) is 19.5 Å². The first-order valence-corrected chi connectivity index (χ1v) is 11.7. The third-order valence-corrected chi connectivity index (χ3v) is 5.65. The van der Waals surface area contributed by atoms with Gasteiger partial charge in [0.1, 0.15) is 17.5 Å². The van der Waals surface area contributed by atoms with Crippen LogP contribution >= 0.6 is 0 Å². The zero-order valence-electron chi connectivity index (χ0n) is 20.7. The van der Waals surface area contributed by atoms with E-state index in [1.807, 2.05) is 31.2 Å². The molecule has 0 bridgehead atoms. The lowest BCUT2D eigenvalue weighted by Gasteiger charge is -2.15. The minimum Gasteiger partial charge on any atom is -0.508 e. The summed E-state index contributed by atoms with van der Waals surface area (Å²) in [5.41, 5.74) is 4.12. The summed E-state index contributed by atoms with van der Waals surface area (Å²) in [6.45, 7) is 1.97. The third-order valence-electron chi connectivity index (χ3n) is 5.65. The highest BCUT2D eigenvalue weighted by molar-refractivity contribution is 6.00. The summed E-state index contributed by atoms with van der Waals surface area (Å²) in [6.07, 6.45) is 0.158. The van der Waals surface area contributed by atoms with Crippen molar-refractivity contribution in [3.8, 4) is 17.0 Å². The lowest BCUT2D eigenvalue weighted by Crippen LogP contribution is -2.43. The number of aromatic nitrogens is 1. The van der Waals surface area contributed by atoms with Crippen LogP contribution in [0, 0.1) is 6.92 Å². The summed E-state index contributed by atoms with van der Waals surface area (Å²) in [6, 6.07) is 20.7. The molecule has 10 nitrogen and oxygen atoms in total. The Labute approximate surface area is 218 Å². The second kappa shape index (κ2) is 11.7. The quantitative estimate of drug-likeness (QED) is 0.253. The van der Waals surface area contributed by atoms with Crippen LogP contribution in [0.25, 0.3) is 11.3 Å². The average Bonchev–Trinajstić information content (AvgIpc) is 3.41. The topological polar surface area (TPSA) is 143 Å². The predicted molar refractivity (Wildman–Crippen MR) is 141 cm³/mol. The van der Waals surface area contributed by atoms with Gasteiger partial charge >= 0.3 is 12.0 Å². The Bertz CT molecular complexity index is 1410. The normalized spacial score (nSPS) is 11.3. The molecule has 10 heteroatoms. The number of esters is 1. The second-order valence-electron chi connectivity index (χ2n) is 8.52. The number of nitrogens with zero attached hydrogens (tertiary/aromatic N) is 1. The number of methoxy groups -OCH3 is 1.